The molecule has 1 heteroatoms. The van der Waals surface area contributed by atoms with Gasteiger partial charge in [0.2, 0.25) is 0 Å². The molecule has 0 amide bonds. The van der Waals surface area contributed by atoms with E-state index >= 15 is 0 Å². The summed E-state index contributed by atoms with van der Waals surface area (Å²) in [7, 11) is 0. The smallest absolute Gasteiger partial charge is 0.0683 e. The molecule has 1 aliphatic rings. The van der Waals surface area contributed by atoms with Crippen LogP contribution in [0.4, 0.5) is 0 Å². The van der Waals surface area contributed by atoms with Crippen molar-refractivity contribution in [2.45, 2.75) is 32.7 Å². The summed E-state index contributed by atoms with van der Waals surface area (Å²) in [5.41, 5.74) is 2.81. The molecule has 0 aromatic heterocycles. The minimum atomic E-state index is -0.00222. The van der Waals surface area contributed by atoms with Crippen LogP contribution in [-0.2, 0) is 5.54 Å². The summed E-state index contributed by atoms with van der Waals surface area (Å²) < 4.78 is 0. The van der Waals surface area contributed by atoms with E-state index in [1.165, 1.54) is 11.1 Å². The molecule has 1 aromatic carbocycles. The van der Waals surface area contributed by atoms with Crippen LogP contribution in [0.1, 0.15) is 32.8 Å². The van der Waals surface area contributed by atoms with E-state index in [1.54, 1.807) is 0 Å². The van der Waals surface area contributed by atoms with Crippen molar-refractivity contribution in [3.8, 4) is 0 Å². The fourth-order valence-electron chi connectivity index (χ4n) is 2.97. The fourth-order valence-corrected chi connectivity index (χ4v) is 2.97. The SMILES string of the molecule is CCN(CC)C(C)(C1=CCC=C1)c1ccccc1. The molecule has 0 N–H and O–H groups in total. The molecule has 0 saturated heterocycles. The Hall–Kier alpha value is -1.34. The normalized spacial score (nSPS) is 17.9. The first-order valence-electron chi connectivity index (χ1n) is 6.91. The lowest BCUT2D eigenvalue weighted by Crippen LogP contribution is -2.44. The number of allylic oxidation sites excluding steroid dienone is 2. The van der Waals surface area contributed by atoms with Gasteiger partial charge in [0.15, 0.2) is 0 Å². The van der Waals surface area contributed by atoms with E-state index in [4.69, 9.17) is 0 Å². The highest BCUT2D eigenvalue weighted by atomic mass is 15.2. The van der Waals surface area contributed by atoms with Crippen LogP contribution in [0.15, 0.2) is 54.1 Å². The second-order valence-electron chi connectivity index (χ2n) is 4.91. The van der Waals surface area contributed by atoms with E-state index in [0.29, 0.717) is 0 Å². The average Bonchev–Trinajstić information content (AvgIpc) is 2.95. The fraction of sp³-hybridized carbons (Fsp3) is 0.412. The Labute approximate surface area is 111 Å². The van der Waals surface area contributed by atoms with Crippen molar-refractivity contribution in [2.24, 2.45) is 0 Å². The predicted octanol–water partition coefficient (Wildman–Crippen LogP) is 4.13. The predicted molar refractivity (Wildman–Crippen MR) is 78.6 cm³/mol. The van der Waals surface area contributed by atoms with Crippen LogP contribution >= 0.6 is 0 Å². The quantitative estimate of drug-likeness (QED) is 0.749. The van der Waals surface area contributed by atoms with E-state index in [-0.39, 0.29) is 5.54 Å². The van der Waals surface area contributed by atoms with E-state index in [1.807, 2.05) is 0 Å². The van der Waals surface area contributed by atoms with E-state index in [2.05, 4.69) is 74.2 Å². The minimum absolute atomic E-state index is 0.00222. The molecule has 1 nitrogen and oxygen atoms in total. The molecule has 2 rings (SSSR count). The van der Waals surface area contributed by atoms with Crippen molar-refractivity contribution in [3.05, 3.63) is 59.7 Å². The molecule has 96 valence electrons. The molecule has 1 aromatic rings. The van der Waals surface area contributed by atoms with Crippen LogP contribution in [-0.4, -0.2) is 18.0 Å². The Morgan fingerprint density at radius 1 is 1.11 bits per heavy atom. The topological polar surface area (TPSA) is 3.24 Å². The number of nitrogens with zero attached hydrogens (tertiary/aromatic N) is 1. The third kappa shape index (κ3) is 2.15. The van der Waals surface area contributed by atoms with Gasteiger partial charge in [0.05, 0.1) is 5.54 Å². The zero-order valence-electron chi connectivity index (χ0n) is 11.7. The van der Waals surface area contributed by atoms with Crippen LogP contribution in [0.25, 0.3) is 0 Å². The second kappa shape index (κ2) is 5.53. The minimum Gasteiger partial charge on any atom is -0.291 e. The van der Waals surface area contributed by atoms with Gasteiger partial charge in [-0.2, -0.15) is 0 Å². The van der Waals surface area contributed by atoms with Crippen molar-refractivity contribution < 1.29 is 0 Å². The van der Waals surface area contributed by atoms with Gasteiger partial charge in [0.1, 0.15) is 0 Å². The maximum Gasteiger partial charge on any atom is 0.0683 e. The monoisotopic (exact) mass is 241 g/mol. The summed E-state index contributed by atoms with van der Waals surface area (Å²) in [5.74, 6) is 0. The number of hydrogen-bond donors (Lipinski definition) is 0. The van der Waals surface area contributed by atoms with Gasteiger partial charge in [-0.1, -0.05) is 62.4 Å². The molecular formula is C17H23N. The number of hydrogen-bond acceptors (Lipinski definition) is 1. The second-order valence-corrected chi connectivity index (χ2v) is 4.91. The lowest BCUT2D eigenvalue weighted by molar-refractivity contribution is 0.155. The molecule has 0 spiro atoms. The molecule has 1 unspecified atom stereocenters. The van der Waals surface area contributed by atoms with Crippen molar-refractivity contribution in [2.75, 3.05) is 13.1 Å². The third-order valence-corrected chi connectivity index (χ3v) is 4.07. The van der Waals surface area contributed by atoms with E-state index in [9.17, 15) is 0 Å². The highest BCUT2D eigenvalue weighted by Gasteiger charge is 2.35. The number of rotatable bonds is 5. The molecule has 0 saturated carbocycles. The standard InChI is InChI=1S/C17H23N/c1-4-18(5-2)17(3,16-13-9-10-14-16)15-11-7-6-8-12-15/h6-9,11-14H,4-5,10H2,1-3H3. The van der Waals surface area contributed by atoms with E-state index in [0.717, 1.165) is 19.5 Å². The first-order chi connectivity index (χ1) is 8.73. The van der Waals surface area contributed by atoms with Gasteiger partial charge < -0.3 is 0 Å². The highest BCUT2D eigenvalue weighted by Crippen LogP contribution is 2.38. The number of likely N-dealkylation sites (N-methyl/N-ethyl adjacent to an activating group) is 1. The Morgan fingerprint density at radius 3 is 2.28 bits per heavy atom. The molecule has 0 fully saturated rings. The van der Waals surface area contributed by atoms with Crippen LogP contribution in [0, 0.1) is 0 Å². The Bertz CT molecular complexity index is 440. The largest absolute Gasteiger partial charge is 0.291 e. The first kappa shape index (κ1) is 13.1. The van der Waals surface area contributed by atoms with Crippen molar-refractivity contribution in [1.82, 2.24) is 4.90 Å². The van der Waals surface area contributed by atoms with E-state index < -0.39 is 0 Å². The van der Waals surface area contributed by atoms with Crippen LogP contribution < -0.4 is 0 Å². The summed E-state index contributed by atoms with van der Waals surface area (Å²) in [6.45, 7) is 8.95. The summed E-state index contributed by atoms with van der Waals surface area (Å²) in [4.78, 5) is 2.53. The summed E-state index contributed by atoms with van der Waals surface area (Å²) >= 11 is 0. The molecule has 18 heavy (non-hydrogen) atoms. The van der Waals surface area contributed by atoms with Gasteiger partial charge in [-0.3, -0.25) is 4.90 Å². The molecule has 0 aliphatic heterocycles. The molecule has 1 aliphatic carbocycles. The highest BCUT2D eigenvalue weighted by molar-refractivity contribution is 5.43. The third-order valence-electron chi connectivity index (χ3n) is 4.07. The summed E-state index contributed by atoms with van der Waals surface area (Å²) in [5, 5.41) is 0. The van der Waals surface area contributed by atoms with Crippen molar-refractivity contribution in [3.63, 3.8) is 0 Å². The zero-order chi connectivity index (χ0) is 13.0. The van der Waals surface area contributed by atoms with Gasteiger partial charge >= 0.3 is 0 Å². The van der Waals surface area contributed by atoms with Gasteiger partial charge in [-0.15, -0.1) is 0 Å². The Morgan fingerprint density at radius 2 is 1.78 bits per heavy atom. The molecule has 1 atom stereocenters. The maximum atomic E-state index is 2.53. The Kier molecular flexibility index (Phi) is 4.03. The van der Waals surface area contributed by atoms with Crippen LogP contribution in [0.5, 0.6) is 0 Å². The van der Waals surface area contributed by atoms with Crippen molar-refractivity contribution >= 4 is 0 Å². The zero-order valence-corrected chi connectivity index (χ0v) is 11.7. The van der Waals surface area contributed by atoms with Crippen molar-refractivity contribution in [1.29, 1.82) is 0 Å². The summed E-state index contributed by atoms with van der Waals surface area (Å²) in [6.07, 6.45) is 7.95. The maximum absolute atomic E-state index is 2.53. The average molecular weight is 241 g/mol. The lowest BCUT2D eigenvalue weighted by Gasteiger charge is -2.42. The van der Waals surface area contributed by atoms with Gasteiger partial charge in [-0.05, 0) is 37.6 Å². The van der Waals surface area contributed by atoms with Gasteiger partial charge in [0, 0.05) is 0 Å². The lowest BCUT2D eigenvalue weighted by atomic mass is 9.83. The molecule has 0 radical (unpaired) electrons. The molecule has 0 heterocycles. The van der Waals surface area contributed by atoms with Crippen LogP contribution in [0.2, 0.25) is 0 Å². The number of benzene rings is 1. The Balaban J connectivity index is 2.49. The first-order valence-corrected chi connectivity index (χ1v) is 6.91. The molecular weight excluding hydrogens is 218 g/mol. The molecule has 0 bridgehead atoms. The van der Waals surface area contributed by atoms with Crippen LogP contribution in [0.3, 0.4) is 0 Å². The van der Waals surface area contributed by atoms with Gasteiger partial charge in [0.25, 0.3) is 0 Å². The van der Waals surface area contributed by atoms with Gasteiger partial charge in [-0.25, -0.2) is 0 Å². The summed E-state index contributed by atoms with van der Waals surface area (Å²) in [6, 6.07) is 10.8.